The second-order valence-electron chi connectivity index (χ2n) is 6.80. The lowest BCUT2D eigenvalue weighted by Crippen LogP contribution is -3.30. The van der Waals surface area contributed by atoms with Crippen LogP contribution in [-0.2, 0) is 9.59 Å². The molecule has 1 atom stereocenters. The van der Waals surface area contributed by atoms with Gasteiger partial charge in [-0.25, -0.2) is 0 Å². The fourth-order valence-electron chi connectivity index (χ4n) is 3.15. The van der Waals surface area contributed by atoms with Crippen molar-refractivity contribution >= 4 is 40.7 Å². The smallest absolute Gasteiger partial charge is 0.282 e. The molecule has 0 radical (unpaired) electrons. The summed E-state index contributed by atoms with van der Waals surface area (Å²) in [7, 11) is 0. The quantitative estimate of drug-likeness (QED) is 0.502. The molecule has 0 spiro atoms. The lowest BCUT2D eigenvalue weighted by atomic mass is 10.2. The summed E-state index contributed by atoms with van der Waals surface area (Å²) in [6.07, 6.45) is 0.948. The van der Waals surface area contributed by atoms with E-state index in [1.807, 2.05) is 13.8 Å². The minimum Gasteiger partial charge on any atom is -0.351 e. The average Bonchev–Trinajstić information content (AvgIpc) is 2.59. The first-order chi connectivity index (χ1) is 12.4. The normalized spacial score (nSPS) is 21.1. The molecule has 26 heavy (non-hydrogen) atoms. The number of benzene rings is 1. The van der Waals surface area contributed by atoms with Gasteiger partial charge in [0.2, 0.25) is 0 Å². The van der Waals surface area contributed by atoms with Crippen molar-refractivity contribution in [1.82, 2.24) is 5.32 Å². The number of hydrogen-bond acceptors (Lipinski definition) is 2. The van der Waals surface area contributed by atoms with Crippen molar-refractivity contribution < 1.29 is 19.4 Å². The summed E-state index contributed by atoms with van der Waals surface area (Å²) in [6, 6.07) is 4.82. The number of carbonyl (C=O) groups excluding carboxylic acids is 2. The van der Waals surface area contributed by atoms with Crippen molar-refractivity contribution in [3.63, 3.8) is 0 Å². The molecule has 1 aromatic rings. The minimum absolute atomic E-state index is 0.0533. The van der Waals surface area contributed by atoms with Gasteiger partial charge in [0.25, 0.3) is 11.8 Å². The average molecular weight is 403 g/mol. The highest BCUT2D eigenvalue weighted by Gasteiger charge is 2.31. The van der Waals surface area contributed by atoms with E-state index < -0.39 is 0 Å². The Labute approximate surface area is 164 Å². The standard InChI is InChI=1S/C18H26Cl2N4O2/c1-3-4-21-17(25)12-23-5-7-24(8-6-23)13(2)18(26)22-16-10-14(19)9-15(20)11-16/h9-11,13H,3-8,12H2,1-2H3,(H,21,25)(H,22,26)/p+2/t13-/m1/s1. The van der Waals surface area contributed by atoms with Crippen LogP contribution in [0.1, 0.15) is 20.3 Å². The molecule has 1 aliphatic heterocycles. The number of hydrogen-bond donors (Lipinski definition) is 4. The van der Waals surface area contributed by atoms with E-state index in [1.165, 1.54) is 9.80 Å². The number of nitrogens with one attached hydrogen (secondary N) is 4. The van der Waals surface area contributed by atoms with Gasteiger partial charge in [-0.3, -0.25) is 9.59 Å². The summed E-state index contributed by atoms with van der Waals surface area (Å²) in [4.78, 5) is 26.9. The van der Waals surface area contributed by atoms with Gasteiger partial charge in [0.05, 0.1) is 0 Å². The van der Waals surface area contributed by atoms with Crippen molar-refractivity contribution in [2.45, 2.75) is 26.3 Å². The van der Waals surface area contributed by atoms with Gasteiger partial charge in [-0.05, 0) is 31.5 Å². The monoisotopic (exact) mass is 402 g/mol. The molecule has 1 aliphatic rings. The van der Waals surface area contributed by atoms with Crippen molar-refractivity contribution in [3.8, 4) is 0 Å². The highest BCUT2D eigenvalue weighted by atomic mass is 35.5. The number of halogens is 2. The Hall–Kier alpha value is -1.34. The first-order valence-corrected chi connectivity index (χ1v) is 9.86. The van der Waals surface area contributed by atoms with E-state index in [-0.39, 0.29) is 17.9 Å². The predicted molar refractivity (Wildman–Crippen MR) is 104 cm³/mol. The van der Waals surface area contributed by atoms with Crippen molar-refractivity contribution in [2.24, 2.45) is 0 Å². The lowest BCUT2D eigenvalue weighted by molar-refractivity contribution is -1.01. The van der Waals surface area contributed by atoms with Crippen LogP contribution >= 0.6 is 23.2 Å². The largest absolute Gasteiger partial charge is 0.351 e. The molecule has 0 unspecified atom stereocenters. The first kappa shape index (κ1) is 21.0. The molecule has 8 heteroatoms. The number of quaternary nitrogens is 2. The molecule has 1 heterocycles. The van der Waals surface area contributed by atoms with Crippen molar-refractivity contribution in [1.29, 1.82) is 0 Å². The lowest BCUT2D eigenvalue weighted by Gasteiger charge is -2.32. The molecule has 1 saturated heterocycles. The van der Waals surface area contributed by atoms with Gasteiger partial charge >= 0.3 is 0 Å². The van der Waals surface area contributed by atoms with Gasteiger partial charge in [-0.1, -0.05) is 30.1 Å². The molecule has 1 fully saturated rings. The molecule has 0 bridgehead atoms. The van der Waals surface area contributed by atoms with E-state index in [9.17, 15) is 9.59 Å². The molecule has 0 saturated carbocycles. The topological polar surface area (TPSA) is 67.1 Å². The van der Waals surface area contributed by atoms with Crippen LogP contribution in [0.2, 0.25) is 10.0 Å². The van der Waals surface area contributed by atoms with Gasteiger partial charge in [0.15, 0.2) is 12.6 Å². The van der Waals surface area contributed by atoms with Crippen LogP contribution in [0.4, 0.5) is 5.69 Å². The molecular weight excluding hydrogens is 375 g/mol. The zero-order valence-electron chi connectivity index (χ0n) is 15.3. The minimum atomic E-state index is -0.178. The van der Waals surface area contributed by atoms with Gasteiger partial charge in [-0.15, -0.1) is 0 Å². The Morgan fingerprint density at radius 1 is 1.12 bits per heavy atom. The molecule has 4 N–H and O–H groups in total. The van der Waals surface area contributed by atoms with Crippen molar-refractivity contribution in [3.05, 3.63) is 28.2 Å². The van der Waals surface area contributed by atoms with E-state index in [0.717, 1.165) is 39.1 Å². The third-order valence-corrected chi connectivity index (χ3v) is 5.15. The summed E-state index contributed by atoms with van der Waals surface area (Å²) in [5.41, 5.74) is 0.607. The van der Waals surface area contributed by atoms with Crippen LogP contribution in [0.25, 0.3) is 0 Å². The van der Waals surface area contributed by atoms with E-state index in [4.69, 9.17) is 23.2 Å². The van der Waals surface area contributed by atoms with E-state index in [1.54, 1.807) is 18.2 Å². The molecule has 2 amide bonds. The zero-order chi connectivity index (χ0) is 19.1. The van der Waals surface area contributed by atoms with Crippen LogP contribution in [0, 0.1) is 0 Å². The Bertz CT molecular complexity index is 613. The van der Waals surface area contributed by atoms with Crippen LogP contribution in [-0.4, -0.2) is 57.1 Å². The molecule has 6 nitrogen and oxygen atoms in total. The highest BCUT2D eigenvalue weighted by Crippen LogP contribution is 2.22. The Morgan fingerprint density at radius 3 is 2.31 bits per heavy atom. The summed E-state index contributed by atoms with van der Waals surface area (Å²) in [6.45, 7) is 8.70. The number of carbonyl (C=O) groups is 2. The molecule has 1 aromatic carbocycles. The number of rotatable bonds is 7. The van der Waals surface area contributed by atoms with Crippen LogP contribution < -0.4 is 20.4 Å². The second kappa shape index (κ2) is 10.1. The Balaban J connectivity index is 1.80. The summed E-state index contributed by atoms with van der Waals surface area (Å²) < 4.78 is 0. The molecule has 144 valence electrons. The maximum atomic E-state index is 12.5. The SMILES string of the molecule is CCCNC(=O)C[NH+]1CC[NH+]([C@H](C)C(=O)Nc2cc(Cl)cc(Cl)c2)CC1. The molecule has 0 aromatic heterocycles. The summed E-state index contributed by atoms with van der Waals surface area (Å²) >= 11 is 11.9. The molecule has 2 rings (SSSR count). The molecule has 0 aliphatic carbocycles. The fourth-order valence-corrected chi connectivity index (χ4v) is 3.68. The third kappa shape index (κ3) is 6.43. The zero-order valence-corrected chi connectivity index (χ0v) is 16.8. The third-order valence-electron chi connectivity index (χ3n) is 4.72. The number of anilines is 1. The van der Waals surface area contributed by atoms with Crippen LogP contribution in [0.5, 0.6) is 0 Å². The fraction of sp³-hybridized carbons (Fsp3) is 0.556. The summed E-state index contributed by atoms with van der Waals surface area (Å²) in [5, 5.41) is 6.79. The molecular formula is C18H28Cl2N4O2+2. The predicted octanol–water partition coefficient (Wildman–Crippen LogP) is -0.370. The van der Waals surface area contributed by atoms with Gasteiger partial charge in [-0.2, -0.15) is 0 Å². The van der Waals surface area contributed by atoms with Crippen LogP contribution in [0.3, 0.4) is 0 Å². The van der Waals surface area contributed by atoms with E-state index in [2.05, 4.69) is 10.6 Å². The van der Waals surface area contributed by atoms with Gasteiger partial charge < -0.3 is 20.4 Å². The first-order valence-electron chi connectivity index (χ1n) is 9.10. The highest BCUT2D eigenvalue weighted by molar-refractivity contribution is 6.35. The maximum Gasteiger partial charge on any atom is 0.282 e. The summed E-state index contributed by atoms with van der Waals surface area (Å²) in [5.74, 6) is 0.0522. The number of amides is 2. The van der Waals surface area contributed by atoms with E-state index in [0.29, 0.717) is 22.3 Å². The Kier molecular flexibility index (Phi) is 8.15. The maximum absolute atomic E-state index is 12.5. The van der Waals surface area contributed by atoms with Crippen molar-refractivity contribution in [2.75, 3.05) is 44.6 Å². The van der Waals surface area contributed by atoms with Gasteiger partial charge in [0, 0.05) is 22.3 Å². The number of piperazine rings is 1. The van der Waals surface area contributed by atoms with E-state index >= 15 is 0 Å². The van der Waals surface area contributed by atoms with Gasteiger partial charge in [0.1, 0.15) is 26.2 Å². The van der Waals surface area contributed by atoms with Crippen LogP contribution in [0.15, 0.2) is 18.2 Å². The second-order valence-corrected chi connectivity index (χ2v) is 7.68. The Morgan fingerprint density at radius 2 is 1.73 bits per heavy atom.